The Morgan fingerprint density at radius 1 is 1.08 bits per heavy atom. The van der Waals surface area contributed by atoms with Gasteiger partial charge in [0.15, 0.2) is 6.10 Å². The van der Waals surface area contributed by atoms with Crippen molar-refractivity contribution in [2.75, 3.05) is 0 Å². The standard InChI is InChI=1S/C19H17NO4/c1-11-17(15-5-3-4-6-16(15)20-11)18(22)12(2)24-19(23)13-7-9-14(21)10-8-13/h3-10,12,20-21H,1-2H3. The molecule has 24 heavy (non-hydrogen) atoms. The molecule has 0 amide bonds. The Kier molecular flexibility index (Phi) is 4.08. The number of ketones is 1. The highest BCUT2D eigenvalue weighted by Crippen LogP contribution is 2.24. The second-order valence-corrected chi connectivity index (χ2v) is 5.63. The van der Waals surface area contributed by atoms with Crippen LogP contribution in [0.15, 0.2) is 48.5 Å². The lowest BCUT2D eigenvalue weighted by molar-refractivity contribution is 0.0319. The van der Waals surface area contributed by atoms with Crippen molar-refractivity contribution >= 4 is 22.7 Å². The summed E-state index contributed by atoms with van der Waals surface area (Å²) in [5.74, 6) is -0.796. The fourth-order valence-corrected chi connectivity index (χ4v) is 2.68. The first-order valence-corrected chi connectivity index (χ1v) is 7.59. The first-order chi connectivity index (χ1) is 11.5. The van der Waals surface area contributed by atoms with Gasteiger partial charge >= 0.3 is 5.97 Å². The van der Waals surface area contributed by atoms with Crippen LogP contribution in [0.25, 0.3) is 10.9 Å². The maximum absolute atomic E-state index is 12.7. The third-order valence-electron chi connectivity index (χ3n) is 3.90. The zero-order valence-corrected chi connectivity index (χ0v) is 13.4. The molecule has 0 saturated carbocycles. The van der Waals surface area contributed by atoms with E-state index in [9.17, 15) is 14.7 Å². The topological polar surface area (TPSA) is 79.4 Å². The molecule has 0 saturated heterocycles. The highest BCUT2D eigenvalue weighted by molar-refractivity contribution is 6.11. The molecule has 0 aliphatic carbocycles. The number of esters is 1. The number of aryl methyl sites for hydroxylation is 1. The highest BCUT2D eigenvalue weighted by atomic mass is 16.5. The molecule has 1 aromatic heterocycles. The van der Waals surface area contributed by atoms with E-state index in [1.165, 1.54) is 24.3 Å². The first-order valence-electron chi connectivity index (χ1n) is 7.59. The summed E-state index contributed by atoms with van der Waals surface area (Å²) in [6.07, 6.45) is -0.913. The van der Waals surface area contributed by atoms with Crippen molar-refractivity contribution in [3.8, 4) is 5.75 Å². The van der Waals surface area contributed by atoms with Crippen LogP contribution in [-0.4, -0.2) is 27.9 Å². The van der Waals surface area contributed by atoms with Gasteiger partial charge in [-0.15, -0.1) is 0 Å². The monoisotopic (exact) mass is 323 g/mol. The van der Waals surface area contributed by atoms with Crippen LogP contribution in [-0.2, 0) is 4.74 Å². The smallest absolute Gasteiger partial charge is 0.338 e. The molecule has 3 aromatic rings. The molecule has 3 rings (SSSR count). The number of Topliss-reactive ketones (excluding diaryl/α,β-unsaturated/α-hetero) is 1. The van der Waals surface area contributed by atoms with E-state index in [0.29, 0.717) is 5.56 Å². The Morgan fingerprint density at radius 2 is 1.75 bits per heavy atom. The molecule has 0 aliphatic rings. The van der Waals surface area contributed by atoms with Crippen molar-refractivity contribution in [1.29, 1.82) is 0 Å². The predicted molar refractivity (Wildman–Crippen MR) is 90.4 cm³/mol. The summed E-state index contributed by atoms with van der Waals surface area (Å²) in [7, 11) is 0. The Balaban J connectivity index is 1.82. The zero-order valence-electron chi connectivity index (χ0n) is 13.4. The van der Waals surface area contributed by atoms with E-state index in [4.69, 9.17) is 4.74 Å². The van der Waals surface area contributed by atoms with Gasteiger partial charge < -0.3 is 14.8 Å². The zero-order chi connectivity index (χ0) is 17.3. The van der Waals surface area contributed by atoms with Crippen molar-refractivity contribution in [1.82, 2.24) is 4.98 Å². The molecular weight excluding hydrogens is 306 g/mol. The number of carbonyl (C=O) groups is 2. The van der Waals surface area contributed by atoms with Crippen LogP contribution in [0, 0.1) is 6.92 Å². The molecule has 1 heterocycles. The minimum atomic E-state index is -0.913. The summed E-state index contributed by atoms with van der Waals surface area (Å²) in [5, 5.41) is 10.1. The number of carbonyl (C=O) groups excluding carboxylic acids is 2. The first kappa shape index (κ1) is 15.8. The van der Waals surface area contributed by atoms with Gasteiger partial charge in [-0.3, -0.25) is 4.79 Å². The molecule has 0 spiro atoms. The third kappa shape index (κ3) is 2.88. The Labute approximate surface area is 138 Å². The molecule has 0 aliphatic heterocycles. The lowest BCUT2D eigenvalue weighted by Gasteiger charge is -2.12. The van der Waals surface area contributed by atoms with E-state index in [0.717, 1.165) is 16.6 Å². The number of benzene rings is 2. The van der Waals surface area contributed by atoms with Crippen LogP contribution >= 0.6 is 0 Å². The largest absolute Gasteiger partial charge is 0.508 e. The van der Waals surface area contributed by atoms with E-state index in [1.807, 2.05) is 31.2 Å². The molecule has 122 valence electrons. The second-order valence-electron chi connectivity index (χ2n) is 5.63. The van der Waals surface area contributed by atoms with Crippen molar-refractivity contribution in [2.45, 2.75) is 20.0 Å². The van der Waals surface area contributed by atoms with Crippen LogP contribution in [0.4, 0.5) is 0 Å². The van der Waals surface area contributed by atoms with Crippen molar-refractivity contribution in [3.63, 3.8) is 0 Å². The summed E-state index contributed by atoms with van der Waals surface area (Å²) in [4.78, 5) is 28.0. The van der Waals surface area contributed by atoms with Gasteiger partial charge in [0.05, 0.1) is 5.56 Å². The minimum absolute atomic E-state index is 0.0603. The fraction of sp³-hybridized carbons (Fsp3) is 0.158. The molecule has 0 bridgehead atoms. The number of hydrogen-bond donors (Lipinski definition) is 2. The molecular formula is C19H17NO4. The van der Waals surface area contributed by atoms with Crippen LogP contribution in [0.2, 0.25) is 0 Å². The normalized spacial score (nSPS) is 12.1. The maximum atomic E-state index is 12.7. The number of phenolic OH excluding ortho intramolecular Hbond substituents is 1. The Morgan fingerprint density at radius 3 is 2.46 bits per heavy atom. The van der Waals surface area contributed by atoms with E-state index in [2.05, 4.69) is 4.98 Å². The number of aromatic amines is 1. The van der Waals surface area contributed by atoms with Gasteiger partial charge in [0, 0.05) is 22.2 Å². The highest BCUT2D eigenvalue weighted by Gasteiger charge is 2.24. The van der Waals surface area contributed by atoms with Crippen LogP contribution in [0.5, 0.6) is 5.75 Å². The summed E-state index contributed by atoms with van der Waals surface area (Å²) in [6, 6.07) is 13.2. The number of aromatic nitrogens is 1. The summed E-state index contributed by atoms with van der Waals surface area (Å²) >= 11 is 0. The van der Waals surface area contributed by atoms with Crippen LogP contribution in [0.3, 0.4) is 0 Å². The maximum Gasteiger partial charge on any atom is 0.338 e. The molecule has 0 radical (unpaired) electrons. The van der Waals surface area contributed by atoms with Gasteiger partial charge in [0.2, 0.25) is 5.78 Å². The number of phenols is 1. The number of hydrogen-bond acceptors (Lipinski definition) is 4. The summed E-state index contributed by atoms with van der Waals surface area (Å²) in [5.41, 5.74) is 2.43. The summed E-state index contributed by atoms with van der Waals surface area (Å²) in [6.45, 7) is 3.38. The minimum Gasteiger partial charge on any atom is -0.508 e. The van der Waals surface area contributed by atoms with Gasteiger partial charge in [-0.1, -0.05) is 18.2 Å². The molecule has 5 nitrogen and oxygen atoms in total. The molecule has 5 heteroatoms. The van der Waals surface area contributed by atoms with Gasteiger partial charge in [0.25, 0.3) is 0 Å². The van der Waals surface area contributed by atoms with E-state index in [1.54, 1.807) is 6.92 Å². The van der Waals surface area contributed by atoms with Crippen LogP contribution < -0.4 is 0 Å². The van der Waals surface area contributed by atoms with Gasteiger partial charge in [0.1, 0.15) is 5.75 Å². The lowest BCUT2D eigenvalue weighted by Crippen LogP contribution is -2.24. The van der Waals surface area contributed by atoms with E-state index < -0.39 is 12.1 Å². The average Bonchev–Trinajstić information content (AvgIpc) is 2.90. The lowest BCUT2D eigenvalue weighted by atomic mass is 10.0. The van der Waals surface area contributed by atoms with Gasteiger partial charge in [-0.05, 0) is 44.2 Å². The predicted octanol–water partition coefficient (Wildman–Crippen LogP) is 3.61. The Hall–Kier alpha value is -3.08. The molecule has 1 unspecified atom stereocenters. The number of nitrogens with one attached hydrogen (secondary N) is 1. The Bertz CT molecular complexity index is 909. The van der Waals surface area contributed by atoms with E-state index in [-0.39, 0.29) is 17.1 Å². The fourth-order valence-electron chi connectivity index (χ4n) is 2.68. The third-order valence-corrected chi connectivity index (χ3v) is 3.90. The number of H-pyrrole nitrogens is 1. The second kappa shape index (κ2) is 6.20. The van der Waals surface area contributed by atoms with Crippen molar-refractivity contribution in [3.05, 3.63) is 65.4 Å². The molecule has 1 atom stereocenters. The number of fused-ring (bicyclic) bond motifs is 1. The van der Waals surface area contributed by atoms with Crippen molar-refractivity contribution in [2.24, 2.45) is 0 Å². The summed E-state index contributed by atoms with van der Waals surface area (Å²) < 4.78 is 5.28. The number of rotatable bonds is 4. The van der Waals surface area contributed by atoms with E-state index >= 15 is 0 Å². The molecule has 2 N–H and O–H groups in total. The van der Waals surface area contributed by atoms with Crippen molar-refractivity contribution < 1.29 is 19.4 Å². The number of para-hydroxylation sites is 1. The number of ether oxygens (including phenoxy) is 1. The molecule has 2 aromatic carbocycles. The quantitative estimate of drug-likeness (QED) is 0.568. The van der Waals surface area contributed by atoms with Gasteiger partial charge in [-0.2, -0.15) is 0 Å². The average molecular weight is 323 g/mol. The van der Waals surface area contributed by atoms with Crippen LogP contribution in [0.1, 0.15) is 33.3 Å². The van der Waals surface area contributed by atoms with Gasteiger partial charge in [-0.25, -0.2) is 4.79 Å². The number of aromatic hydroxyl groups is 1. The SMILES string of the molecule is Cc1[nH]c2ccccc2c1C(=O)C(C)OC(=O)c1ccc(O)cc1. The molecule has 0 fully saturated rings.